The molecule has 340 valence electrons. The molecule has 1 fully saturated rings. The third kappa shape index (κ3) is 13.1. The predicted molar refractivity (Wildman–Crippen MR) is 248 cm³/mol. The molecule has 2 amide bonds. The van der Waals surface area contributed by atoms with E-state index < -0.39 is 23.2 Å². The number of carbonyl (C=O) groups excluding carboxylic acids is 3. The zero-order valence-corrected chi connectivity index (χ0v) is 37.9. The van der Waals surface area contributed by atoms with Crippen LogP contribution in [0.5, 0.6) is 0 Å². The quantitative estimate of drug-likeness (QED) is 0.0617. The van der Waals surface area contributed by atoms with Gasteiger partial charge in [-0.2, -0.15) is 5.26 Å². The lowest BCUT2D eigenvalue weighted by atomic mass is 9.83. The molecule has 6 aromatic rings. The minimum atomic E-state index is -0.993. The third-order valence-corrected chi connectivity index (χ3v) is 10.8. The summed E-state index contributed by atoms with van der Waals surface area (Å²) in [5.74, 6) is -1.76. The van der Waals surface area contributed by atoms with Crippen LogP contribution in [-0.4, -0.2) is 83.1 Å². The summed E-state index contributed by atoms with van der Waals surface area (Å²) in [6.45, 7) is 13.5. The number of aromatic amines is 1. The Morgan fingerprint density at radius 2 is 1.34 bits per heavy atom. The van der Waals surface area contributed by atoms with Gasteiger partial charge in [-0.15, -0.1) is 0 Å². The standard InChI is InChI=1S/C26H36N4O3.C13H15NO3.C11H11NO2/c1-17(2)13-19(15-27)28-24(31)20-10-6-7-11-21(20)29-25(32)23-14-18-9-5-8-12-22(18)30(23)16-26(3,4)33;1-13(2,17)8-14-10-6-4-3-5-9(10)7-11(14)12(15)16;1-2-14-11(13)10-7-8-5-3-4-6-9(8)12-10/h5,8-9,12,14,17,19-21,33H,6-7,10-11,13,16H2,1-4H3,(H,28,31)(H,29,32);3-7,17H,8H2,1-2H3,(H,15,16);3-7,12H,2H2,1H3/t19-,20+,21-;;/m0../s1. The Morgan fingerprint density at radius 3 is 1.88 bits per heavy atom. The van der Waals surface area contributed by atoms with Gasteiger partial charge in [0.2, 0.25) is 5.91 Å². The van der Waals surface area contributed by atoms with Gasteiger partial charge in [-0.1, -0.05) is 81.3 Å². The molecule has 0 aliphatic heterocycles. The van der Waals surface area contributed by atoms with E-state index in [9.17, 15) is 34.7 Å². The Balaban J connectivity index is 0.000000205. The topological polar surface area (TPSA) is 212 Å². The summed E-state index contributed by atoms with van der Waals surface area (Å²) in [7, 11) is 0. The highest BCUT2D eigenvalue weighted by molar-refractivity contribution is 5.99. The second-order valence-electron chi connectivity index (χ2n) is 18.1. The minimum Gasteiger partial charge on any atom is -0.477 e. The highest BCUT2D eigenvalue weighted by Crippen LogP contribution is 2.28. The number of rotatable bonds is 13. The highest BCUT2D eigenvalue weighted by Gasteiger charge is 2.34. The van der Waals surface area contributed by atoms with Gasteiger partial charge in [-0.25, -0.2) is 9.59 Å². The lowest BCUT2D eigenvalue weighted by Crippen LogP contribution is -2.50. The number of para-hydroxylation sites is 3. The molecule has 0 saturated heterocycles. The molecule has 3 heterocycles. The van der Waals surface area contributed by atoms with Gasteiger partial charge in [0.05, 0.1) is 42.9 Å². The van der Waals surface area contributed by atoms with Gasteiger partial charge in [-0.05, 0) is 96.2 Å². The van der Waals surface area contributed by atoms with Crippen molar-refractivity contribution in [2.75, 3.05) is 6.61 Å². The predicted octanol–water partition coefficient (Wildman–Crippen LogP) is 8.21. The van der Waals surface area contributed by atoms with Gasteiger partial charge >= 0.3 is 11.9 Å². The molecule has 6 N–H and O–H groups in total. The molecule has 64 heavy (non-hydrogen) atoms. The normalized spacial score (nSPS) is 15.6. The summed E-state index contributed by atoms with van der Waals surface area (Å²) in [6.07, 6.45) is 3.86. The van der Waals surface area contributed by atoms with Crippen molar-refractivity contribution in [2.24, 2.45) is 11.8 Å². The minimum absolute atomic E-state index is 0.163. The number of aromatic carboxylic acids is 1. The average Bonchev–Trinajstić information content (AvgIpc) is 3.94. The number of esters is 1. The number of aromatic nitrogens is 3. The summed E-state index contributed by atoms with van der Waals surface area (Å²) < 4.78 is 8.37. The summed E-state index contributed by atoms with van der Waals surface area (Å²) >= 11 is 0. The molecule has 7 rings (SSSR count). The number of benzene rings is 3. The molecule has 3 atom stereocenters. The number of hydrogen-bond donors (Lipinski definition) is 6. The SMILES string of the molecule is CC(C)(O)Cn1c(C(=O)O)cc2ccccc21.CC(C)C[C@@H](C#N)NC(=O)[C@@H]1CCCC[C@@H]1NC(=O)c1cc2ccccc2n1CC(C)(C)O.CCOC(=O)c1cc2ccccc2[nH]1. The van der Waals surface area contributed by atoms with Crippen molar-refractivity contribution in [3.05, 3.63) is 108 Å². The summed E-state index contributed by atoms with van der Waals surface area (Å²) in [5.41, 5.74) is 1.90. The molecule has 0 bridgehead atoms. The van der Waals surface area contributed by atoms with Crippen molar-refractivity contribution < 1.29 is 39.2 Å². The van der Waals surface area contributed by atoms with Crippen molar-refractivity contribution in [2.45, 2.75) is 117 Å². The van der Waals surface area contributed by atoms with E-state index in [1.807, 2.05) is 97.3 Å². The van der Waals surface area contributed by atoms with Crippen LogP contribution in [0.25, 0.3) is 32.7 Å². The second kappa shape index (κ2) is 21.3. The fraction of sp³-hybridized carbons (Fsp3) is 0.420. The lowest BCUT2D eigenvalue weighted by molar-refractivity contribution is -0.127. The summed E-state index contributed by atoms with van der Waals surface area (Å²) in [4.78, 5) is 51.9. The lowest BCUT2D eigenvalue weighted by Gasteiger charge is -2.32. The van der Waals surface area contributed by atoms with Crippen molar-refractivity contribution in [1.82, 2.24) is 24.8 Å². The molecule has 0 spiro atoms. The van der Waals surface area contributed by atoms with Gasteiger partial charge in [0.25, 0.3) is 5.91 Å². The molecule has 1 aliphatic carbocycles. The van der Waals surface area contributed by atoms with E-state index in [2.05, 4.69) is 21.7 Å². The first-order chi connectivity index (χ1) is 30.3. The second-order valence-corrected chi connectivity index (χ2v) is 18.1. The highest BCUT2D eigenvalue weighted by atomic mass is 16.5. The number of fused-ring (bicyclic) bond motifs is 3. The number of nitrogens with one attached hydrogen (secondary N) is 3. The fourth-order valence-corrected chi connectivity index (χ4v) is 8.05. The Morgan fingerprint density at radius 1 is 0.812 bits per heavy atom. The number of amides is 2. The number of nitriles is 1. The van der Waals surface area contributed by atoms with Gasteiger partial charge in [0.1, 0.15) is 23.1 Å². The Labute approximate surface area is 374 Å². The number of carboxylic acid groups (broad SMARTS) is 1. The van der Waals surface area contributed by atoms with E-state index in [4.69, 9.17) is 9.84 Å². The Bertz CT molecular complexity index is 2570. The van der Waals surface area contributed by atoms with Crippen LogP contribution in [0.2, 0.25) is 0 Å². The number of hydrogen-bond acceptors (Lipinski definition) is 8. The van der Waals surface area contributed by atoms with Crippen molar-refractivity contribution >= 4 is 56.5 Å². The van der Waals surface area contributed by atoms with Crippen molar-refractivity contribution in [3.8, 4) is 6.07 Å². The van der Waals surface area contributed by atoms with E-state index in [1.54, 1.807) is 51.3 Å². The molecular formula is C50H62N6O8. The van der Waals surface area contributed by atoms with Gasteiger partial charge in [0, 0.05) is 38.8 Å². The van der Waals surface area contributed by atoms with Crippen LogP contribution in [0.15, 0.2) is 91.0 Å². The molecule has 3 aromatic carbocycles. The van der Waals surface area contributed by atoms with Crippen LogP contribution in [0.4, 0.5) is 0 Å². The number of carboxylic acids is 1. The number of aliphatic hydroxyl groups is 2. The molecule has 0 radical (unpaired) electrons. The van der Waals surface area contributed by atoms with E-state index >= 15 is 0 Å². The van der Waals surface area contributed by atoms with Gasteiger partial charge < -0.3 is 44.8 Å². The molecule has 0 unspecified atom stereocenters. The molecule has 1 saturated carbocycles. The molecule has 14 nitrogen and oxygen atoms in total. The van der Waals surface area contributed by atoms with Crippen LogP contribution in [0.1, 0.15) is 112 Å². The number of nitrogens with zero attached hydrogens (tertiary/aromatic N) is 3. The molecule has 3 aromatic heterocycles. The fourth-order valence-electron chi connectivity index (χ4n) is 8.05. The summed E-state index contributed by atoms with van der Waals surface area (Å²) in [6, 6.07) is 29.5. The Hall–Kier alpha value is -6.43. The smallest absolute Gasteiger partial charge is 0.354 e. The number of carbonyl (C=O) groups is 4. The largest absolute Gasteiger partial charge is 0.477 e. The first-order valence-corrected chi connectivity index (χ1v) is 21.9. The van der Waals surface area contributed by atoms with Crippen molar-refractivity contribution in [3.63, 3.8) is 0 Å². The molecular weight excluding hydrogens is 813 g/mol. The zero-order chi connectivity index (χ0) is 46.8. The van der Waals surface area contributed by atoms with Gasteiger partial charge in [-0.3, -0.25) is 9.59 Å². The van der Waals surface area contributed by atoms with E-state index in [0.29, 0.717) is 36.8 Å². The van der Waals surface area contributed by atoms with Crippen LogP contribution >= 0.6 is 0 Å². The average molecular weight is 875 g/mol. The van der Waals surface area contributed by atoms with Crippen LogP contribution in [0.3, 0.4) is 0 Å². The maximum absolute atomic E-state index is 13.4. The van der Waals surface area contributed by atoms with E-state index in [1.165, 1.54) is 0 Å². The number of ether oxygens (including phenoxy) is 1. The first kappa shape index (κ1) is 48.6. The maximum atomic E-state index is 13.4. The third-order valence-electron chi connectivity index (χ3n) is 10.8. The van der Waals surface area contributed by atoms with Crippen LogP contribution < -0.4 is 10.6 Å². The monoisotopic (exact) mass is 874 g/mol. The van der Waals surface area contributed by atoms with E-state index in [-0.39, 0.29) is 48.5 Å². The van der Waals surface area contributed by atoms with Crippen molar-refractivity contribution in [1.29, 1.82) is 5.26 Å². The zero-order valence-electron chi connectivity index (χ0n) is 37.9. The van der Waals surface area contributed by atoms with Gasteiger partial charge in [0.15, 0.2) is 0 Å². The van der Waals surface area contributed by atoms with E-state index in [0.717, 1.165) is 52.0 Å². The summed E-state index contributed by atoms with van der Waals surface area (Å²) in [5, 5.41) is 47.7. The van der Waals surface area contributed by atoms with Crippen LogP contribution in [0, 0.1) is 23.2 Å². The molecule has 1 aliphatic rings. The van der Waals surface area contributed by atoms with Crippen LogP contribution in [-0.2, 0) is 22.6 Å². The maximum Gasteiger partial charge on any atom is 0.354 e. The Kier molecular flexibility index (Phi) is 16.2. The first-order valence-electron chi connectivity index (χ1n) is 21.9. The number of H-pyrrole nitrogens is 1. The molecule has 14 heteroatoms.